The SMILES string of the molecule is CCC1CCC2(CC1)CNc1c(C)cccc1N2. The van der Waals surface area contributed by atoms with Crippen LogP contribution in [0.5, 0.6) is 0 Å². The van der Waals surface area contributed by atoms with Crippen LogP contribution in [0.3, 0.4) is 0 Å². The van der Waals surface area contributed by atoms with Crippen LogP contribution in [0.15, 0.2) is 18.2 Å². The molecular weight excluding hydrogens is 220 g/mol. The predicted molar refractivity (Wildman–Crippen MR) is 78.3 cm³/mol. The maximum absolute atomic E-state index is 3.84. The molecule has 0 bridgehead atoms. The van der Waals surface area contributed by atoms with Gasteiger partial charge < -0.3 is 10.6 Å². The number of fused-ring (bicyclic) bond motifs is 1. The van der Waals surface area contributed by atoms with E-state index in [0.29, 0.717) is 5.54 Å². The molecule has 2 N–H and O–H groups in total. The monoisotopic (exact) mass is 244 g/mol. The van der Waals surface area contributed by atoms with Gasteiger partial charge in [0.2, 0.25) is 0 Å². The van der Waals surface area contributed by atoms with Crippen molar-refractivity contribution in [1.82, 2.24) is 0 Å². The minimum Gasteiger partial charge on any atom is -0.381 e. The van der Waals surface area contributed by atoms with Crippen molar-refractivity contribution in [1.29, 1.82) is 0 Å². The van der Waals surface area contributed by atoms with E-state index >= 15 is 0 Å². The molecule has 0 amide bonds. The standard InChI is InChI=1S/C16H24N2/c1-3-13-7-9-16(10-8-13)11-17-15-12(2)5-4-6-14(15)18-16/h4-6,13,17-18H,3,7-11H2,1-2H3. The third-order valence-corrected chi connectivity index (χ3v) is 4.92. The summed E-state index contributed by atoms with van der Waals surface area (Å²) in [5.41, 5.74) is 4.26. The van der Waals surface area contributed by atoms with Gasteiger partial charge in [0.1, 0.15) is 0 Å². The molecule has 2 aliphatic rings. The minimum absolute atomic E-state index is 0.312. The highest BCUT2D eigenvalue weighted by molar-refractivity contribution is 5.75. The second-order valence-corrected chi connectivity index (χ2v) is 6.11. The van der Waals surface area contributed by atoms with Crippen LogP contribution in [0.25, 0.3) is 0 Å². The second kappa shape index (κ2) is 4.49. The first-order valence-corrected chi connectivity index (χ1v) is 7.34. The van der Waals surface area contributed by atoms with Gasteiger partial charge in [0.15, 0.2) is 0 Å². The van der Waals surface area contributed by atoms with Crippen molar-refractivity contribution < 1.29 is 0 Å². The van der Waals surface area contributed by atoms with Gasteiger partial charge in [-0.15, -0.1) is 0 Å². The zero-order chi connectivity index (χ0) is 12.6. The van der Waals surface area contributed by atoms with E-state index in [9.17, 15) is 0 Å². The lowest BCUT2D eigenvalue weighted by atomic mass is 9.74. The Kier molecular flexibility index (Phi) is 2.96. The number of rotatable bonds is 1. The summed E-state index contributed by atoms with van der Waals surface area (Å²) in [5, 5.41) is 7.50. The lowest BCUT2D eigenvalue weighted by molar-refractivity contribution is 0.255. The number of hydrogen-bond donors (Lipinski definition) is 2. The number of benzene rings is 1. The number of anilines is 2. The molecule has 3 rings (SSSR count). The molecule has 0 unspecified atom stereocenters. The predicted octanol–water partition coefficient (Wildman–Crippen LogP) is 4.17. The van der Waals surface area contributed by atoms with E-state index in [2.05, 4.69) is 42.7 Å². The van der Waals surface area contributed by atoms with E-state index < -0.39 is 0 Å². The van der Waals surface area contributed by atoms with E-state index in [1.165, 1.54) is 49.0 Å². The quantitative estimate of drug-likeness (QED) is 0.774. The fourth-order valence-electron chi connectivity index (χ4n) is 3.53. The summed E-state index contributed by atoms with van der Waals surface area (Å²) in [6.45, 7) is 5.59. The molecule has 0 aromatic heterocycles. The van der Waals surface area contributed by atoms with Gasteiger partial charge in [0.05, 0.1) is 16.9 Å². The summed E-state index contributed by atoms with van der Waals surface area (Å²) in [5.74, 6) is 0.955. The molecule has 2 nitrogen and oxygen atoms in total. The molecule has 1 aliphatic carbocycles. The maximum Gasteiger partial charge on any atom is 0.0606 e. The van der Waals surface area contributed by atoms with Crippen LogP contribution >= 0.6 is 0 Å². The van der Waals surface area contributed by atoms with Crippen molar-refractivity contribution in [3.8, 4) is 0 Å². The van der Waals surface area contributed by atoms with Gasteiger partial charge in [-0.1, -0.05) is 25.5 Å². The smallest absolute Gasteiger partial charge is 0.0606 e. The van der Waals surface area contributed by atoms with E-state index in [0.717, 1.165) is 12.5 Å². The van der Waals surface area contributed by atoms with E-state index in [1.807, 2.05) is 0 Å². The van der Waals surface area contributed by atoms with Crippen LogP contribution in [-0.2, 0) is 0 Å². The molecular formula is C16H24N2. The Morgan fingerprint density at radius 1 is 1.28 bits per heavy atom. The molecule has 1 spiro atoms. The molecule has 1 saturated carbocycles. The van der Waals surface area contributed by atoms with Gasteiger partial charge in [-0.05, 0) is 50.2 Å². The first kappa shape index (κ1) is 11.9. The van der Waals surface area contributed by atoms with Crippen LogP contribution in [0.1, 0.15) is 44.6 Å². The Morgan fingerprint density at radius 2 is 2.06 bits per heavy atom. The third-order valence-electron chi connectivity index (χ3n) is 4.92. The van der Waals surface area contributed by atoms with Crippen molar-refractivity contribution in [2.75, 3.05) is 17.2 Å². The summed E-state index contributed by atoms with van der Waals surface area (Å²) < 4.78 is 0. The minimum atomic E-state index is 0.312. The Hall–Kier alpha value is -1.18. The van der Waals surface area contributed by atoms with Crippen molar-refractivity contribution in [2.45, 2.75) is 51.5 Å². The Labute approximate surface area is 110 Å². The normalized spacial score (nSPS) is 30.4. The van der Waals surface area contributed by atoms with E-state index in [4.69, 9.17) is 0 Å². The van der Waals surface area contributed by atoms with Crippen LogP contribution in [0.4, 0.5) is 11.4 Å². The van der Waals surface area contributed by atoms with E-state index in [1.54, 1.807) is 0 Å². The fourth-order valence-corrected chi connectivity index (χ4v) is 3.53. The molecule has 1 aromatic rings. The summed E-state index contributed by atoms with van der Waals surface area (Å²) in [4.78, 5) is 0. The zero-order valence-electron chi connectivity index (χ0n) is 11.6. The number of nitrogens with one attached hydrogen (secondary N) is 2. The molecule has 0 radical (unpaired) electrons. The first-order valence-electron chi connectivity index (χ1n) is 7.34. The summed E-state index contributed by atoms with van der Waals surface area (Å²) in [7, 11) is 0. The molecule has 1 heterocycles. The van der Waals surface area contributed by atoms with Gasteiger partial charge in [0, 0.05) is 6.54 Å². The molecule has 18 heavy (non-hydrogen) atoms. The van der Waals surface area contributed by atoms with Crippen molar-refractivity contribution in [3.05, 3.63) is 23.8 Å². The zero-order valence-corrected chi connectivity index (χ0v) is 11.6. The number of para-hydroxylation sites is 1. The van der Waals surface area contributed by atoms with Gasteiger partial charge in [-0.3, -0.25) is 0 Å². The van der Waals surface area contributed by atoms with E-state index in [-0.39, 0.29) is 0 Å². The van der Waals surface area contributed by atoms with Crippen LogP contribution in [-0.4, -0.2) is 12.1 Å². The molecule has 1 fully saturated rings. The average Bonchev–Trinajstić information content (AvgIpc) is 2.40. The average molecular weight is 244 g/mol. The lowest BCUT2D eigenvalue weighted by Crippen LogP contribution is -2.50. The fraction of sp³-hybridized carbons (Fsp3) is 0.625. The van der Waals surface area contributed by atoms with Gasteiger partial charge in [-0.2, -0.15) is 0 Å². The molecule has 98 valence electrons. The Morgan fingerprint density at radius 3 is 2.78 bits per heavy atom. The molecule has 0 saturated heterocycles. The Balaban J connectivity index is 1.79. The highest BCUT2D eigenvalue weighted by atomic mass is 15.1. The van der Waals surface area contributed by atoms with Crippen molar-refractivity contribution in [3.63, 3.8) is 0 Å². The maximum atomic E-state index is 3.84. The Bertz CT molecular complexity index is 431. The van der Waals surface area contributed by atoms with Gasteiger partial charge in [-0.25, -0.2) is 0 Å². The number of aryl methyl sites for hydroxylation is 1. The van der Waals surface area contributed by atoms with Crippen molar-refractivity contribution >= 4 is 11.4 Å². The van der Waals surface area contributed by atoms with Gasteiger partial charge >= 0.3 is 0 Å². The molecule has 1 aromatic carbocycles. The topological polar surface area (TPSA) is 24.1 Å². The van der Waals surface area contributed by atoms with Crippen LogP contribution < -0.4 is 10.6 Å². The largest absolute Gasteiger partial charge is 0.381 e. The lowest BCUT2D eigenvalue weighted by Gasteiger charge is -2.45. The number of hydrogen-bond acceptors (Lipinski definition) is 2. The van der Waals surface area contributed by atoms with Crippen LogP contribution in [0.2, 0.25) is 0 Å². The third kappa shape index (κ3) is 1.98. The first-order chi connectivity index (χ1) is 8.72. The summed E-state index contributed by atoms with van der Waals surface area (Å²) in [6, 6.07) is 6.54. The second-order valence-electron chi connectivity index (χ2n) is 6.11. The molecule has 1 aliphatic heterocycles. The highest BCUT2D eigenvalue weighted by Crippen LogP contribution is 2.41. The van der Waals surface area contributed by atoms with Gasteiger partial charge in [0.25, 0.3) is 0 Å². The van der Waals surface area contributed by atoms with Crippen molar-refractivity contribution in [2.24, 2.45) is 5.92 Å². The van der Waals surface area contributed by atoms with Crippen LogP contribution in [0, 0.1) is 12.8 Å². The molecule has 0 atom stereocenters. The highest BCUT2D eigenvalue weighted by Gasteiger charge is 2.37. The molecule has 2 heteroatoms. The summed E-state index contributed by atoms with van der Waals surface area (Å²) >= 11 is 0. The summed E-state index contributed by atoms with van der Waals surface area (Å²) in [6.07, 6.45) is 6.73.